The molecular formula is C16H12N4O3. The summed E-state index contributed by atoms with van der Waals surface area (Å²) in [6.45, 7) is 0. The molecule has 3 heterocycles. The number of hydrogen-bond donors (Lipinski definition) is 2. The smallest absolute Gasteiger partial charge is 0.261 e. The predicted octanol–water partition coefficient (Wildman–Crippen LogP) is 2.97. The number of fused-ring (bicyclic) bond motifs is 2. The number of amides is 1. The molecule has 0 saturated heterocycles. The molecular weight excluding hydrogens is 296 g/mol. The standard InChI is InChI=1S/C16H12N4O3/c1-22-14-6-11-9(7-18-20-11)5-12(14)19-16(21)10-8-23-13-3-2-4-17-15(10)13/h2-8H,1H3,(H,18,20)(H,19,21). The Bertz CT molecular complexity index is 1020. The third kappa shape index (κ3) is 2.18. The molecule has 3 aromatic heterocycles. The number of aromatic nitrogens is 3. The van der Waals surface area contributed by atoms with Crippen LogP contribution in [0.25, 0.3) is 22.0 Å². The van der Waals surface area contributed by atoms with E-state index in [-0.39, 0.29) is 5.91 Å². The van der Waals surface area contributed by atoms with Gasteiger partial charge in [-0.1, -0.05) is 0 Å². The zero-order valence-corrected chi connectivity index (χ0v) is 12.2. The van der Waals surface area contributed by atoms with Gasteiger partial charge in [-0.25, -0.2) is 0 Å². The van der Waals surface area contributed by atoms with Gasteiger partial charge in [-0.2, -0.15) is 5.10 Å². The fourth-order valence-corrected chi connectivity index (χ4v) is 2.45. The Morgan fingerprint density at radius 3 is 3.17 bits per heavy atom. The van der Waals surface area contributed by atoms with E-state index in [4.69, 9.17) is 9.15 Å². The zero-order valence-electron chi connectivity index (χ0n) is 12.2. The number of benzene rings is 1. The summed E-state index contributed by atoms with van der Waals surface area (Å²) >= 11 is 0. The molecule has 4 aromatic rings. The van der Waals surface area contributed by atoms with E-state index < -0.39 is 0 Å². The monoisotopic (exact) mass is 308 g/mol. The lowest BCUT2D eigenvalue weighted by molar-refractivity contribution is 0.102. The number of carbonyl (C=O) groups excluding carboxylic acids is 1. The number of carbonyl (C=O) groups is 1. The second kappa shape index (κ2) is 5.13. The van der Waals surface area contributed by atoms with Crippen molar-refractivity contribution in [2.45, 2.75) is 0 Å². The number of rotatable bonds is 3. The molecule has 1 amide bonds. The minimum Gasteiger partial charge on any atom is -0.494 e. The molecule has 23 heavy (non-hydrogen) atoms. The Kier molecular flexibility index (Phi) is 2.97. The third-order valence-corrected chi connectivity index (χ3v) is 3.58. The maximum absolute atomic E-state index is 12.5. The lowest BCUT2D eigenvalue weighted by atomic mass is 10.2. The molecule has 7 nitrogen and oxygen atoms in total. The number of methoxy groups -OCH3 is 1. The fraction of sp³-hybridized carbons (Fsp3) is 0.0625. The average Bonchev–Trinajstić information content (AvgIpc) is 3.20. The maximum atomic E-state index is 12.5. The summed E-state index contributed by atoms with van der Waals surface area (Å²) in [6.07, 6.45) is 4.70. The van der Waals surface area contributed by atoms with Crippen molar-refractivity contribution in [1.29, 1.82) is 0 Å². The summed E-state index contributed by atoms with van der Waals surface area (Å²) in [5.41, 5.74) is 2.84. The minimum atomic E-state index is -0.316. The van der Waals surface area contributed by atoms with E-state index in [1.807, 2.05) is 0 Å². The second-order valence-electron chi connectivity index (χ2n) is 4.96. The maximum Gasteiger partial charge on any atom is 0.261 e. The Morgan fingerprint density at radius 2 is 2.30 bits per heavy atom. The van der Waals surface area contributed by atoms with E-state index in [0.29, 0.717) is 28.1 Å². The highest BCUT2D eigenvalue weighted by atomic mass is 16.5. The van der Waals surface area contributed by atoms with E-state index >= 15 is 0 Å². The van der Waals surface area contributed by atoms with Crippen molar-refractivity contribution in [1.82, 2.24) is 15.2 Å². The number of H-pyrrole nitrogens is 1. The molecule has 4 rings (SSSR count). The van der Waals surface area contributed by atoms with E-state index in [9.17, 15) is 4.79 Å². The third-order valence-electron chi connectivity index (χ3n) is 3.58. The van der Waals surface area contributed by atoms with Gasteiger partial charge in [0.1, 0.15) is 23.1 Å². The van der Waals surface area contributed by atoms with Gasteiger partial charge in [-0.15, -0.1) is 0 Å². The van der Waals surface area contributed by atoms with Crippen molar-refractivity contribution in [2.24, 2.45) is 0 Å². The first kappa shape index (κ1) is 13.3. The lowest BCUT2D eigenvalue weighted by Gasteiger charge is -2.09. The average molecular weight is 308 g/mol. The van der Waals surface area contributed by atoms with Crippen LogP contribution in [0.5, 0.6) is 5.75 Å². The minimum absolute atomic E-state index is 0.316. The molecule has 1 aromatic carbocycles. The molecule has 0 spiro atoms. The Labute approximate surface area is 130 Å². The SMILES string of the molecule is COc1cc2[nH]ncc2cc1NC(=O)c1coc2cccnc12. The molecule has 7 heteroatoms. The van der Waals surface area contributed by atoms with Crippen molar-refractivity contribution in [2.75, 3.05) is 12.4 Å². The van der Waals surface area contributed by atoms with Gasteiger partial charge in [-0.05, 0) is 18.2 Å². The summed E-state index contributed by atoms with van der Waals surface area (Å²) < 4.78 is 10.7. The number of anilines is 1. The number of pyridine rings is 1. The van der Waals surface area contributed by atoms with Crippen LogP contribution < -0.4 is 10.1 Å². The Morgan fingerprint density at radius 1 is 1.39 bits per heavy atom. The Hall–Kier alpha value is -3.35. The van der Waals surface area contributed by atoms with Crippen LogP contribution >= 0.6 is 0 Å². The highest BCUT2D eigenvalue weighted by Gasteiger charge is 2.17. The van der Waals surface area contributed by atoms with E-state index in [1.165, 1.54) is 6.26 Å². The molecule has 0 unspecified atom stereocenters. The molecule has 0 aliphatic heterocycles. The largest absolute Gasteiger partial charge is 0.494 e. The zero-order chi connectivity index (χ0) is 15.8. The summed E-state index contributed by atoms with van der Waals surface area (Å²) in [6, 6.07) is 7.09. The molecule has 0 aliphatic carbocycles. The van der Waals surface area contributed by atoms with Crippen LogP contribution in [0.1, 0.15) is 10.4 Å². The van der Waals surface area contributed by atoms with Crippen LogP contribution in [-0.2, 0) is 0 Å². The lowest BCUT2D eigenvalue weighted by Crippen LogP contribution is -2.12. The summed E-state index contributed by atoms with van der Waals surface area (Å²) in [5.74, 6) is 0.222. The molecule has 0 aliphatic rings. The van der Waals surface area contributed by atoms with Crippen LogP contribution in [-0.4, -0.2) is 28.2 Å². The quantitative estimate of drug-likeness (QED) is 0.607. The number of nitrogens with one attached hydrogen (secondary N) is 2. The predicted molar refractivity (Wildman–Crippen MR) is 84.6 cm³/mol. The number of furan rings is 1. The molecule has 0 radical (unpaired) electrons. The number of hydrogen-bond acceptors (Lipinski definition) is 5. The van der Waals surface area contributed by atoms with Crippen LogP contribution in [0.3, 0.4) is 0 Å². The van der Waals surface area contributed by atoms with E-state index in [1.54, 1.807) is 43.8 Å². The highest BCUT2D eigenvalue weighted by molar-refractivity contribution is 6.12. The van der Waals surface area contributed by atoms with Crippen LogP contribution in [0.2, 0.25) is 0 Å². The normalized spacial score (nSPS) is 11.0. The van der Waals surface area contributed by atoms with Crippen molar-refractivity contribution >= 4 is 33.6 Å². The Balaban J connectivity index is 1.73. The molecule has 0 fully saturated rings. The molecule has 0 atom stereocenters. The topological polar surface area (TPSA) is 93.0 Å². The van der Waals surface area contributed by atoms with Gasteiger partial charge in [0, 0.05) is 17.6 Å². The van der Waals surface area contributed by atoms with E-state index in [0.717, 1.165) is 10.9 Å². The van der Waals surface area contributed by atoms with Gasteiger partial charge in [-0.3, -0.25) is 14.9 Å². The van der Waals surface area contributed by atoms with Crippen molar-refractivity contribution in [3.63, 3.8) is 0 Å². The van der Waals surface area contributed by atoms with E-state index in [2.05, 4.69) is 20.5 Å². The molecule has 0 saturated carbocycles. The number of ether oxygens (including phenoxy) is 1. The van der Waals surface area contributed by atoms with Crippen molar-refractivity contribution < 1.29 is 13.9 Å². The summed E-state index contributed by atoms with van der Waals surface area (Å²) in [4.78, 5) is 16.7. The molecule has 0 bridgehead atoms. The highest BCUT2D eigenvalue weighted by Crippen LogP contribution is 2.30. The van der Waals surface area contributed by atoms with Gasteiger partial charge >= 0.3 is 0 Å². The van der Waals surface area contributed by atoms with Crippen molar-refractivity contribution in [3.05, 3.63) is 48.5 Å². The van der Waals surface area contributed by atoms with Crippen LogP contribution in [0.4, 0.5) is 5.69 Å². The number of aromatic amines is 1. The fourth-order valence-electron chi connectivity index (χ4n) is 2.45. The van der Waals surface area contributed by atoms with Crippen LogP contribution in [0, 0.1) is 0 Å². The molecule has 2 N–H and O–H groups in total. The number of nitrogens with zero attached hydrogens (tertiary/aromatic N) is 2. The van der Waals surface area contributed by atoms with Crippen LogP contribution in [0.15, 0.2) is 47.3 Å². The summed E-state index contributed by atoms with van der Waals surface area (Å²) in [5, 5.41) is 10.5. The van der Waals surface area contributed by atoms with Gasteiger partial charge in [0.25, 0.3) is 5.91 Å². The first-order chi connectivity index (χ1) is 11.3. The van der Waals surface area contributed by atoms with Crippen molar-refractivity contribution in [3.8, 4) is 5.75 Å². The first-order valence-electron chi connectivity index (χ1n) is 6.91. The van der Waals surface area contributed by atoms with Gasteiger partial charge in [0.15, 0.2) is 5.58 Å². The summed E-state index contributed by atoms with van der Waals surface area (Å²) in [7, 11) is 1.54. The molecule has 114 valence electrons. The van der Waals surface area contributed by atoms with Gasteiger partial charge in [0.05, 0.1) is 24.5 Å². The first-order valence-corrected chi connectivity index (χ1v) is 6.91. The van der Waals surface area contributed by atoms with Gasteiger partial charge < -0.3 is 14.5 Å². The van der Waals surface area contributed by atoms with Gasteiger partial charge in [0.2, 0.25) is 0 Å². The second-order valence-corrected chi connectivity index (χ2v) is 4.96.